The van der Waals surface area contributed by atoms with Crippen LogP contribution in [0.5, 0.6) is 0 Å². The summed E-state index contributed by atoms with van der Waals surface area (Å²) >= 11 is 0. The van der Waals surface area contributed by atoms with Gasteiger partial charge in [-0.1, -0.05) is 53.8 Å². The van der Waals surface area contributed by atoms with Gasteiger partial charge in [0.2, 0.25) is 0 Å². The van der Waals surface area contributed by atoms with E-state index in [9.17, 15) is 9.59 Å². The van der Waals surface area contributed by atoms with Crippen molar-refractivity contribution in [3.8, 4) is 0 Å². The maximum absolute atomic E-state index is 12.7. The summed E-state index contributed by atoms with van der Waals surface area (Å²) < 4.78 is 0. The van der Waals surface area contributed by atoms with Gasteiger partial charge in [-0.05, 0) is 17.7 Å². The predicted octanol–water partition coefficient (Wildman–Crippen LogP) is 2.18. The molecule has 0 saturated carbocycles. The Labute approximate surface area is 133 Å². The van der Waals surface area contributed by atoms with Crippen molar-refractivity contribution in [3.63, 3.8) is 0 Å². The van der Waals surface area contributed by atoms with E-state index < -0.39 is 12.1 Å². The van der Waals surface area contributed by atoms with Crippen LogP contribution in [0.25, 0.3) is 0 Å². The summed E-state index contributed by atoms with van der Waals surface area (Å²) in [5.74, 6) is -0.538. The third kappa shape index (κ3) is 2.19. The molecule has 2 unspecified atom stereocenters. The van der Waals surface area contributed by atoms with Gasteiger partial charge in [0, 0.05) is 0 Å². The zero-order valence-electron chi connectivity index (χ0n) is 12.2. The number of imide groups is 1. The number of nitrogens with zero attached hydrogens (tertiary/aromatic N) is 4. The molecular weight excluding hydrogens is 292 g/mol. The SMILES string of the molecule is O=C1C2N=NN(c3ccccc3)C2C(=O)N1Cc1ccccc1. The van der Waals surface area contributed by atoms with Gasteiger partial charge in [-0.2, -0.15) is 5.11 Å². The number of carbonyl (C=O) groups excluding carboxylic acids is 2. The lowest BCUT2D eigenvalue weighted by Crippen LogP contribution is -2.39. The molecule has 0 radical (unpaired) electrons. The van der Waals surface area contributed by atoms with Crippen molar-refractivity contribution in [1.82, 2.24) is 4.90 Å². The minimum atomic E-state index is -0.744. The standard InChI is InChI=1S/C17H14N4O2/c22-16-14-15(21(19-18-14)13-9-5-2-6-10-13)17(23)20(16)11-12-7-3-1-4-8-12/h1-10,14-15H,11H2. The van der Waals surface area contributed by atoms with Gasteiger partial charge in [-0.15, -0.1) is 0 Å². The first-order valence-corrected chi connectivity index (χ1v) is 7.40. The Hall–Kier alpha value is -3.02. The summed E-state index contributed by atoms with van der Waals surface area (Å²) in [6.45, 7) is 0.268. The Morgan fingerprint density at radius 3 is 2.22 bits per heavy atom. The van der Waals surface area contributed by atoms with Crippen LogP contribution in [-0.4, -0.2) is 28.8 Å². The third-order valence-electron chi connectivity index (χ3n) is 4.08. The van der Waals surface area contributed by atoms with Gasteiger partial charge in [0.05, 0.1) is 12.2 Å². The highest BCUT2D eigenvalue weighted by Crippen LogP contribution is 2.32. The van der Waals surface area contributed by atoms with Gasteiger partial charge in [0.1, 0.15) is 0 Å². The Morgan fingerprint density at radius 1 is 0.870 bits per heavy atom. The first-order valence-electron chi connectivity index (χ1n) is 7.40. The summed E-state index contributed by atoms with van der Waals surface area (Å²) in [6.07, 6.45) is 0. The molecule has 2 aromatic carbocycles. The first-order chi connectivity index (χ1) is 11.3. The molecule has 6 nitrogen and oxygen atoms in total. The number of fused-ring (bicyclic) bond motifs is 1. The van der Waals surface area contributed by atoms with Crippen LogP contribution in [-0.2, 0) is 16.1 Å². The van der Waals surface area contributed by atoms with Crippen LogP contribution in [0.2, 0.25) is 0 Å². The van der Waals surface area contributed by atoms with E-state index in [4.69, 9.17) is 0 Å². The summed E-state index contributed by atoms with van der Waals surface area (Å²) in [5, 5.41) is 9.58. The minimum absolute atomic E-state index is 0.252. The lowest BCUT2D eigenvalue weighted by Gasteiger charge is -2.20. The first kappa shape index (κ1) is 13.6. The zero-order valence-corrected chi connectivity index (χ0v) is 12.2. The van der Waals surface area contributed by atoms with Crippen LogP contribution in [0.1, 0.15) is 5.56 Å². The number of benzene rings is 2. The quantitative estimate of drug-likeness (QED) is 0.816. The average molecular weight is 306 g/mol. The van der Waals surface area contributed by atoms with Crippen LogP contribution in [0.4, 0.5) is 5.69 Å². The van der Waals surface area contributed by atoms with E-state index in [0.29, 0.717) is 0 Å². The van der Waals surface area contributed by atoms with E-state index in [1.54, 1.807) is 0 Å². The van der Waals surface area contributed by atoms with Crippen LogP contribution in [0, 0.1) is 0 Å². The molecule has 114 valence electrons. The monoisotopic (exact) mass is 306 g/mol. The number of carbonyl (C=O) groups is 2. The van der Waals surface area contributed by atoms with Crippen molar-refractivity contribution >= 4 is 17.5 Å². The number of likely N-dealkylation sites (tertiary alicyclic amines) is 1. The molecule has 2 aliphatic heterocycles. The van der Waals surface area contributed by atoms with Crippen molar-refractivity contribution in [2.24, 2.45) is 10.3 Å². The molecule has 2 aliphatic rings. The number of hydrogen-bond donors (Lipinski definition) is 0. The summed E-state index contributed by atoms with van der Waals surface area (Å²) in [5.41, 5.74) is 1.67. The molecule has 0 bridgehead atoms. The Morgan fingerprint density at radius 2 is 1.52 bits per heavy atom. The third-order valence-corrected chi connectivity index (χ3v) is 4.08. The Bertz CT molecular complexity index is 776. The van der Waals surface area contributed by atoms with Crippen LogP contribution >= 0.6 is 0 Å². The number of anilines is 1. The van der Waals surface area contributed by atoms with E-state index in [1.807, 2.05) is 60.7 Å². The summed E-state index contributed by atoms with van der Waals surface area (Å²) in [6, 6.07) is 17.3. The molecule has 4 rings (SSSR count). The molecule has 2 aromatic rings. The molecule has 23 heavy (non-hydrogen) atoms. The Kier molecular flexibility index (Phi) is 3.15. The Balaban J connectivity index is 1.62. The van der Waals surface area contributed by atoms with Gasteiger partial charge in [-0.3, -0.25) is 14.5 Å². The minimum Gasteiger partial charge on any atom is -0.274 e. The highest BCUT2D eigenvalue weighted by molar-refractivity contribution is 6.10. The topological polar surface area (TPSA) is 65.3 Å². The second-order valence-electron chi connectivity index (χ2n) is 5.52. The number of hydrogen-bond acceptors (Lipinski definition) is 5. The van der Waals surface area contributed by atoms with Crippen molar-refractivity contribution in [1.29, 1.82) is 0 Å². The van der Waals surface area contributed by atoms with Gasteiger partial charge in [0.25, 0.3) is 11.8 Å². The number of amides is 2. The lowest BCUT2D eigenvalue weighted by molar-refractivity contribution is -0.139. The van der Waals surface area contributed by atoms with E-state index in [2.05, 4.69) is 10.3 Å². The maximum atomic E-state index is 12.7. The van der Waals surface area contributed by atoms with Crippen LogP contribution in [0.3, 0.4) is 0 Å². The highest BCUT2D eigenvalue weighted by Gasteiger charge is 2.54. The maximum Gasteiger partial charge on any atom is 0.259 e. The second-order valence-corrected chi connectivity index (χ2v) is 5.52. The smallest absolute Gasteiger partial charge is 0.259 e. The summed E-state index contributed by atoms with van der Waals surface area (Å²) in [7, 11) is 0. The van der Waals surface area contributed by atoms with Gasteiger partial charge in [-0.25, -0.2) is 5.01 Å². The molecule has 1 fully saturated rings. The average Bonchev–Trinajstić information content (AvgIpc) is 3.13. The number of rotatable bonds is 3. The van der Waals surface area contributed by atoms with Gasteiger partial charge < -0.3 is 0 Å². The molecule has 0 spiro atoms. The van der Waals surface area contributed by atoms with E-state index in [0.717, 1.165) is 11.3 Å². The lowest BCUT2D eigenvalue weighted by atomic mass is 10.1. The fourth-order valence-corrected chi connectivity index (χ4v) is 2.93. The molecule has 2 atom stereocenters. The molecule has 0 N–H and O–H groups in total. The zero-order chi connectivity index (χ0) is 15.8. The molecule has 6 heteroatoms. The normalized spacial score (nSPS) is 22.8. The van der Waals surface area contributed by atoms with Crippen molar-refractivity contribution in [2.45, 2.75) is 18.6 Å². The van der Waals surface area contributed by atoms with Gasteiger partial charge in [0.15, 0.2) is 12.1 Å². The molecular formula is C17H14N4O2. The fraction of sp³-hybridized carbons (Fsp3) is 0.176. The van der Waals surface area contributed by atoms with Crippen molar-refractivity contribution in [2.75, 3.05) is 5.01 Å². The van der Waals surface area contributed by atoms with Crippen LogP contribution < -0.4 is 5.01 Å². The predicted molar refractivity (Wildman–Crippen MR) is 83.4 cm³/mol. The molecule has 2 heterocycles. The summed E-state index contributed by atoms with van der Waals surface area (Å²) in [4.78, 5) is 26.5. The van der Waals surface area contributed by atoms with Crippen molar-refractivity contribution < 1.29 is 9.59 Å². The number of para-hydroxylation sites is 1. The van der Waals surface area contributed by atoms with Gasteiger partial charge >= 0.3 is 0 Å². The van der Waals surface area contributed by atoms with E-state index >= 15 is 0 Å². The highest BCUT2D eigenvalue weighted by atomic mass is 16.2. The van der Waals surface area contributed by atoms with Crippen molar-refractivity contribution in [3.05, 3.63) is 66.2 Å². The van der Waals surface area contributed by atoms with Crippen LogP contribution in [0.15, 0.2) is 71.0 Å². The molecule has 0 aromatic heterocycles. The fourth-order valence-electron chi connectivity index (χ4n) is 2.93. The second kappa shape index (κ2) is 5.31. The molecule has 1 saturated heterocycles. The molecule has 0 aliphatic carbocycles. The van der Waals surface area contributed by atoms with E-state index in [1.165, 1.54) is 9.91 Å². The largest absolute Gasteiger partial charge is 0.274 e. The molecule has 2 amide bonds. The van der Waals surface area contributed by atoms with E-state index in [-0.39, 0.29) is 18.4 Å².